The molecule has 0 saturated heterocycles. The Morgan fingerprint density at radius 1 is 1.30 bits per heavy atom. The van der Waals surface area contributed by atoms with Crippen LogP contribution in [0.1, 0.15) is 29.6 Å². The van der Waals surface area contributed by atoms with Gasteiger partial charge in [0.2, 0.25) is 0 Å². The van der Waals surface area contributed by atoms with E-state index in [4.69, 9.17) is 5.11 Å². The molecule has 1 aromatic rings. The minimum atomic E-state index is -1.05. The number of benzene rings is 1. The van der Waals surface area contributed by atoms with Crippen molar-refractivity contribution in [3.8, 4) is 0 Å². The standard InChI is InChI=1S/C14H18N2O3S/c1-20-10-7-6-9(8-10)15-14(19)16-12-5-3-2-4-11(12)13(17)18/h2-5,9-10H,6-8H2,1H3,(H,17,18)(H2,15,16,19). The number of hydrogen-bond donors (Lipinski definition) is 3. The van der Waals surface area contributed by atoms with Gasteiger partial charge in [-0.1, -0.05) is 12.1 Å². The van der Waals surface area contributed by atoms with E-state index >= 15 is 0 Å². The van der Waals surface area contributed by atoms with Crippen molar-refractivity contribution in [1.82, 2.24) is 5.32 Å². The van der Waals surface area contributed by atoms with Crippen molar-refractivity contribution in [3.05, 3.63) is 29.8 Å². The van der Waals surface area contributed by atoms with Crippen LogP contribution in [-0.4, -0.2) is 34.7 Å². The Kier molecular flexibility index (Phi) is 4.89. The highest BCUT2D eigenvalue weighted by Gasteiger charge is 2.25. The molecule has 20 heavy (non-hydrogen) atoms. The predicted molar refractivity (Wildman–Crippen MR) is 80.5 cm³/mol. The van der Waals surface area contributed by atoms with Crippen LogP contribution in [0, 0.1) is 0 Å². The number of carboxylic acids is 1. The van der Waals surface area contributed by atoms with Crippen LogP contribution >= 0.6 is 11.8 Å². The lowest BCUT2D eigenvalue weighted by Gasteiger charge is -2.14. The zero-order valence-corrected chi connectivity index (χ0v) is 12.1. The first-order valence-electron chi connectivity index (χ1n) is 6.52. The molecule has 0 aliphatic heterocycles. The summed E-state index contributed by atoms with van der Waals surface area (Å²) in [6, 6.07) is 6.21. The third kappa shape index (κ3) is 3.66. The van der Waals surface area contributed by atoms with Gasteiger partial charge in [0.25, 0.3) is 0 Å². The molecule has 3 N–H and O–H groups in total. The summed E-state index contributed by atoms with van der Waals surface area (Å²) in [6.45, 7) is 0. The van der Waals surface area contributed by atoms with E-state index in [2.05, 4.69) is 16.9 Å². The highest BCUT2D eigenvalue weighted by atomic mass is 32.2. The van der Waals surface area contributed by atoms with Crippen molar-refractivity contribution in [3.63, 3.8) is 0 Å². The summed E-state index contributed by atoms with van der Waals surface area (Å²) >= 11 is 1.82. The fourth-order valence-corrected chi connectivity index (χ4v) is 3.20. The Morgan fingerprint density at radius 2 is 2.05 bits per heavy atom. The second kappa shape index (κ2) is 6.65. The van der Waals surface area contributed by atoms with Crippen LogP contribution in [0.25, 0.3) is 0 Å². The van der Waals surface area contributed by atoms with Crippen LogP contribution in [0.2, 0.25) is 0 Å². The maximum Gasteiger partial charge on any atom is 0.337 e. The van der Waals surface area contributed by atoms with Crippen molar-refractivity contribution >= 4 is 29.4 Å². The van der Waals surface area contributed by atoms with Crippen LogP contribution in [-0.2, 0) is 0 Å². The van der Waals surface area contributed by atoms with Gasteiger partial charge in [0, 0.05) is 11.3 Å². The molecule has 0 heterocycles. The van der Waals surface area contributed by atoms with Crippen LogP contribution < -0.4 is 10.6 Å². The van der Waals surface area contributed by atoms with Gasteiger partial charge in [-0.3, -0.25) is 0 Å². The van der Waals surface area contributed by atoms with Gasteiger partial charge < -0.3 is 15.7 Å². The average molecular weight is 294 g/mol. The van der Waals surface area contributed by atoms with Crippen molar-refractivity contribution in [2.24, 2.45) is 0 Å². The Hall–Kier alpha value is -1.69. The van der Waals surface area contributed by atoms with Gasteiger partial charge in [-0.25, -0.2) is 9.59 Å². The third-order valence-corrected chi connectivity index (χ3v) is 4.55. The fourth-order valence-electron chi connectivity index (χ4n) is 2.41. The SMILES string of the molecule is CSC1CCC(NC(=O)Nc2ccccc2C(=O)O)C1. The number of carbonyl (C=O) groups is 2. The number of amides is 2. The Balaban J connectivity index is 1.94. The number of para-hydroxylation sites is 1. The molecule has 1 aromatic carbocycles. The number of aromatic carboxylic acids is 1. The van der Waals surface area contributed by atoms with Crippen molar-refractivity contribution in [1.29, 1.82) is 0 Å². The van der Waals surface area contributed by atoms with Gasteiger partial charge in [0.15, 0.2) is 0 Å². The van der Waals surface area contributed by atoms with Gasteiger partial charge in [-0.05, 0) is 37.7 Å². The monoisotopic (exact) mass is 294 g/mol. The molecule has 2 unspecified atom stereocenters. The molecule has 0 bridgehead atoms. The summed E-state index contributed by atoms with van der Waals surface area (Å²) in [6.07, 6.45) is 5.13. The molecule has 5 nitrogen and oxygen atoms in total. The number of rotatable bonds is 4. The molecule has 1 aliphatic rings. The van der Waals surface area contributed by atoms with Gasteiger partial charge >= 0.3 is 12.0 Å². The van der Waals surface area contributed by atoms with E-state index in [-0.39, 0.29) is 17.6 Å². The van der Waals surface area contributed by atoms with E-state index in [0.29, 0.717) is 10.9 Å². The van der Waals surface area contributed by atoms with Crippen LogP contribution in [0.4, 0.5) is 10.5 Å². The summed E-state index contributed by atoms with van der Waals surface area (Å²) in [5.41, 5.74) is 0.410. The number of thioether (sulfide) groups is 1. The minimum Gasteiger partial charge on any atom is -0.478 e. The maximum atomic E-state index is 11.9. The van der Waals surface area contributed by atoms with Gasteiger partial charge in [0.1, 0.15) is 0 Å². The van der Waals surface area contributed by atoms with Crippen molar-refractivity contribution < 1.29 is 14.7 Å². The van der Waals surface area contributed by atoms with E-state index < -0.39 is 5.97 Å². The van der Waals surface area contributed by atoms with Gasteiger partial charge in [-0.2, -0.15) is 11.8 Å². The molecular weight excluding hydrogens is 276 g/mol. The molecular formula is C14H18N2O3S. The highest BCUT2D eigenvalue weighted by Crippen LogP contribution is 2.28. The Morgan fingerprint density at radius 3 is 2.70 bits per heavy atom. The minimum absolute atomic E-state index is 0.0936. The second-order valence-corrected chi connectivity index (χ2v) is 5.95. The largest absolute Gasteiger partial charge is 0.478 e. The van der Waals surface area contributed by atoms with Crippen LogP contribution in [0.5, 0.6) is 0 Å². The number of carboxylic acid groups (broad SMARTS) is 1. The predicted octanol–water partition coefficient (Wildman–Crippen LogP) is 2.79. The zero-order valence-electron chi connectivity index (χ0n) is 11.3. The summed E-state index contributed by atoms with van der Waals surface area (Å²) < 4.78 is 0. The summed E-state index contributed by atoms with van der Waals surface area (Å²) in [5.74, 6) is -1.05. The molecule has 0 spiro atoms. The Bertz CT molecular complexity index is 507. The molecule has 1 fully saturated rings. The van der Waals surface area contributed by atoms with E-state index in [1.54, 1.807) is 18.2 Å². The van der Waals surface area contributed by atoms with Crippen LogP contribution in [0.15, 0.2) is 24.3 Å². The van der Waals surface area contributed by atoms with Gasteiger partial charge in [0.05, 0.1) is 11.3 Å². The smallest absolute Gasteiger partial charge is 0.337 e. The first kappa shape index (κ1) is 14.7. The molecule has 0 aromatic heterocycles. The fraction of sp³-hybridized carbons (Fsp3) is 0.429. The molecule has 2 rings (SSSR count). The first-order valence-corrected chi connectivity index (χ1v) is 7.81. The van der Waals surface area contributed by atoms with Crippen molar-refractivity contribution in [2.75, 3.05) is 11.6 Å². The third-order valence-electron chi connectivity index (χ3n) is 3.46. The second-order valence-electron chi connectivity index (χ2n) is 4.82. The first-order chi connectivity index (χ1) is 9.60. The van der Waals surface area contributed by atoms with Crippen LogP contribution in [0.3, 0.4) is 0 Å². The summed E-state index contributed by atoms with van der Waals surface area (Å²) in [4.78, 5) is 23.0. The molecule has 2 atom stereocenters. The lowest BCUT2D eigenvalue weighted by atomic mass is 10.2. The summed E-state index contributed by atoms with van der Waals surface area (Å²) in [7, 11) is 0. The highest BCUT2D eigenvalue weighted by molar-refractivity contribution is 7.99. The average Bonchev–Trinajstić information content (AvgIpc) is 2.86. The molecule has 0 radical (unpaired) electrons. The molecule has 1 saturated carbocycles. The van der Waals surface area contributed by atoms with E-state index in [0.717, 1.165) is 19.3 Å². The van der Waals surface area contributed by atoms with E-state index in [1.807, 2.05) is 11.8 Å². The van der Waals surface area contributed by atoms with E-state index in [1.165, 1.54) is 6.07 Å². The molecule has 2 amide bonds. The quantitative estimate of drug-likeness (QED) is 0.798. The number of hydrogen-bond acceptors (Lipinski definition) is 3. The van der Waals surface area contributed by atoms with Crippen molar-refractivity contribution in [2.45, 2.75) is 30.6 Å². The number of nitrogens with one attached hydrogen (secondary N) is 2. The molecule has 6 heteroatoms. The number of anilines is 1. The van der Waals surface area contributed by atoms with E-state index in [9.17, 15) is 9.59 Å². The lowest BCUT2D eigenvalue weighted by molar-refractivity contribution is 0.0698. The Labute approximate surface area is 122 Å². The molecule has 1 aliphatic carbocycles. The maximum absolute atomic E-state index is 11.9. The lowest BCUT2D eigenvalue weighted by Crippen LogP contribution is -2.36. The normalized spacial score (nSPS) is 21.4. The molecule has 108 valence electrons. The number of urea groups is 1. The summed E-state index contributed by atoms with van der Waals surface area (Å²) in [5, 5.41) is 15.2. The number of carbonyl (C=O) groups excluding carboxylic acids is 1. The zero-order chi connectivity index (χ0) is 14.5. The topological polar surface area (TPSA) is 78.4 Å². The van der Waals surface area contributed by atoms with Gasteiger partial charge in [-0.15, -0.1) is 0 Å².